The van der Waals surface area contributed by atoms with E-state index in [1.54, 1.807) is 0 Å². The number of rotatable bonds is 0. The molecule has 0 saturated heterocycles. The molecule has 0 spiro atoms. The highest BCUT2D eigenvalue weighted by Gasteiger charge is 1.96. The summed E-state index contributed by atoms with van der Waals surface area (Å²) in [5.74, 6) is 6.36. The maximum atomic E-state index is 3.57. The molecule has 0 amide bonds. The van der Waals surface area contributed by atoms with Crippen molar-refractivity contribution in [3.8, 4) is 11.8 Å². The molecule has 0 unspecified atom stereocenters. The quantitative estimate of drug-likeness (QED) is 0.557. The van der Waals surface area contributed by atoms with Crippen LogP contribution >= 0.6 is 31.9 Å². The van der Waals surface area contributed by atoms with Crippen molar-refractivity contribution in [2.45, 2.75) is 38.5 Å². The summed E-state index contributed by atoms with van der Waals surface area (Å²) in [6, 6.07) is 0. The predicted octanol–water partition coefficient (Wildman–Crippen LogP) is 4.90. The lowest BCUT2D eigenvalue weighted by Crippen LogP contribution is -1.79. The van der Waals surface area contributed by atoms with Crippen molar-refractivity contribution in [3.63, 3.8) is 0 Å². The van der Waals surface area contributed by atoms with Crippen molar-refractivity contribution >= 4 is 31.9 Å². The summed E-state index contributed by atoms with van der Waals surface area (Å²) >= 11 is 7.14. The molecule has 0 aromatic carbocycles. The standard InChI is InChI=1S/C12H14Br2/c13-11-7-5-3-1-2-4-6-8-12(14)10-9-11/h7-8H,3-6,9-10H2/b11-7+,12-8+. The minimum absolute atomic E-state index is 0.986. The van der Waals surface area contributed by atoms with Crippen molar-refractivity contribution in [3.05, 3.63) is 21.1 Å². The van der Waals surface area contributed by atoms with Crippen molar-refractivity contribution in [2.24, 2.45) is 0 Å². The van der Waals surface area contributed by atoms with Gasteiger partial charge >= 0.3 is 0 Å². The first kappa shape index (κ1) is 12.1. The zero-order valence-corrected chi connectivity index (χ0v) is 11.3. The lowest BCUT2D eigenvalue weighted by molar-refractivity contribution is 0.973. The summed E-state index contributed by atoms with van der Waals surface area (Å²) in [7, 11) is 0. The molecule has 0 atom stereocenters. The van der Waals surface area contributed by atoms with Crippen LogP contribution in [-0.2, 0) is 0 Å². The minimum Gasteiger partial charge on any atom is -0.103 e. The molecule has 0 fully saturated rings. The second kappa shape index (κ2) is 7.31. The van der Waals surface area contributed by atoms with Gasteiger partial charge in [0.25, 0.3) is 0 Å². The van der Waals surface area contributed by atoms with Crippen LogP contribution in [0, 0.1) is 11.8 Å². The highest BCUT2D eigenvalue weighted by molar-refractivity contribution is 9.12. The number of allylic oxidation sites excluding steroid dienone is 4. The topological polar surface area (TPSA) is 0 Å². The molecule has 0 N–H and O–H groups in total. The van der Waals surface area contributed by atoms with Gasteiger partial charge in [0.15, 0.2) is 0 Å². The minimum atomic E-state index is 0.986. The Morgan fingerprint density at radius 3 is 1.71 bits per heavy atom. The number of halogens is 2. The average molecular weight is 318 g/mol. The van der Waals surface area contributed by atoms with Crippen molar-refractivity contribution in [1.29, 1.82) is 0 Å². The van der Waals surface area contributed by atoms with Gasteiger partial charge in [0.1, 0.15) is 0 Å². The molecule has 14 heavy (non-hydrogen) atoms. The first-order chi connectivity index (χ1) is 6.79. The Morgan fingerprint density at radius 1 is 0.857 bits per heavy atom. The van der Waals surface area contributed by atoms with Crippen LogP contribution in [0.15, 0.2) is 21.1 Å². The summed E-state index contributed by atoms with van der Waals surface area (Å²) in [6.45, 7) is 0. The zero-order valence-electron chi connectivity index (χ0n) is 8.15. The van der Waals surface area contributed by atoms with E-state index >= 15 is 0 Å². The molecule has 0 nitrogen and oxygen atoms in total. The van der Waals surface area contributed by atoms with Gasteiger partial charge in [0.2, 0.25) is 0 Å². The molecule has 0 radical (unpaired) electrons. The van der Waals surface area contributed by atoms with Gasteiger partial charge in [-0.3, -0.25) is 0 Å². The average Bonchev–Trinajstić information content (AvgIpc) is 2.17. The van der Waals surface area contributed by atoms with Gasteiger partial charge in [-0.25, -0.2) is 0 Å². The molecule has 0 saturated carbocycles. The van der Waals surface area contributed by atoms with Gasteiger partial charge in [0.05, 0.1) is 0 Å². The molecule has 0 aromatic rings. The van der Waals surface area contributed by atoms with Crippen molar-refractivity contribution in [1.82, 2.24) is 0 Å². The van der Waals surface area contributed by atoms with E-state index in [4.69, 9.17) is 0 Å². The van der Waals surface area contributed by atoms with Crippen LogP contribution < -0.4 is 0 Å². The summed E-state index contributed by atoms with van der Waals surface area (Å²) in [6.07, 6.45) is 10.7. The monoisotopic (exact) mass is 316 g/mol. The maximum absolute atomic E-state index is 3.57. The second-order valence-electron chi connectivity index (χ2n) is 3.23. The van der Waals surface area contributed by atoms with Crippen LogP contribution in [0.4, 0.5) is 0 Å². The van der Waals surface area contributed by atoms with E-state index in [0.29, 0.717) is 0 Å². The van der Waals surface area contributed by atoms with Gasteiger partial charge in [-0.15, -0.1) is 11.8 Å². The first-order valence-corrected chi connectivity index (χ1v) is 6.52. The fourth-order valence-electron chi connectivity index (χ4n) is 1.22. The largest absolute Gasteiger partial charge is 0.103 e. The smallest absolute Gasteiger partial charge is 0.0124 e. The van der Waals surface area contributed by atoms with Gasteiger partial charge < -0.3 is 0 Å². The van der Waals surface area contributed by atoms with Crippen molar-refractivity contribution in [2.75, 3.05) is 0 Å². The lowest BCUT2D eigenvalue weighted by atomic mass is 10.2. The SMILES string of the molecule is Br/C1=C/CCC#CCC/C=C(/Br)CC1. The van der Waals surface area contributed by atoms with Gasteiger partial charge in [-0.05, 0) is 34.6 Å². The summed E-state index contributed by atoms with van der Waals surface area (Å²) in [5, 5.41) is 0. The number of hydrogen-bond donors (Lipinski definition) is 0. The Morgan fingerprint density at radius 2 is 1.29 bits per heavy atom. The predicted molar refractivity (Wildman–Crippen MR) is 69.5 cm³/mol. The van der Waals surface area contributed by atoms with E-state index in [1.807, 2.05) is 0 Å². The van der Waals surface area contributed by atoms with E-state index in [0.717, 1.165) is 38.5 Å². The summed E-state index contributed by atoms with van der Waals surface area (Å²) in [4.78, 5) is 0. The third-order valence-corrected chi connectivity index (χ3v) is 3.44. The first-order valence-electron chi connectivity index (χ1n) is 4.94. The highest BCUT2D eigenvalue weighted by Crippen LogP contribution is 2.22. The Balaban J connectivity index is 2.56. The lowest BCUT2D eigenvalue weighted by Gasteiger charge is -2.00. The molecule has 0 heterocycles. The zero-order chi connectivity index (χ0) is 10.2. The van der Waals surface area contributed by atoms with Crippen LogP contribution in [0.25, 0.3) is 0 Å². The van der Waals surface area contributed by atoms with Gasteiger partial charge in [-0.2, -0.15) is 0 Å². The Bertz CT molecular complexity index is 261. The fraction of sp³-hybridized carbons (Fsp3) is 0.500. The maximum Gasteiger partial charge on any atom is 0.0124 e. The van der Waals surface area contributed by atoms with Crippen LogP contribution in [0.1, 0.15) is 38.5 Å². The molecule has 2 heteroatoms. The van der Waals surface area contributed by atoms with E-state index in [2.05, 4.69) is 55.9 Å². The molecular weight excluding hydrogens is 304 g/mol. The summed E-state index contributed by atoms with van der Waals surface area (Å²) in [5.41, 5.74) is 0. The molecule has 1 aliphatic rings. The molecule has 0 aromatic heterocycles. The Kier molecular flexibility index (Phi) is 6.31. The second-order valence-corrected chi connectivity index (χ2v) is 5.27. The molecule has 0 bridgehead atoms. The molecule has 76 valence electrons. The van der Waals surface area contributed by atoms with Gasteiger partial charge in [0, 0.05) is 12.8 Å². The Hall–Kier alpha value is -0.0000000000000000555. The van der Waals surface area contributed by atoms with E-state index in [9.17, 15) is 0 Å². The number of hydrogen-bond acceptors (Lipinski definition) is 0. The van der Waals surface area contributed by atoms with E-state index in [-0.39, 0.29) is 0 Å². The molecule has 0 aliphatic heterocycles. The molecule has 1 aliphatic carbocycles. The fourth-order valence-corrected chi connectivity index (χ4v) is 2.08. The van der Waals surface area contributed by atoms with Crippen molar-refractivity contribution < 1.29 is 0 Å². The van der Waals surface area contributed by atoms with Crippen LogP contribution in [-0.4, -0.2) is 0 Å². The van der Waals surface area contributed by atoms with E-state index in [1.165, 1.54) is 8.96 Å². The Labute approximate surface area is 103 Å². The summed E-state index contributed by atoms with van der Waals surface area (Å²) < 4.78 is 2.59. The van der Waals surface area contributed by atoms with E-state index < -0.39 is 0 Å². The highest BCUT2D eigenvalue weighted by atomic mass is 79.9. The third kappa shape index (κ3) is 5.67. The normalized spacial score (nSPS) is 26.7. The molecule has 1 rings (SSSR count). The molecular formula is C12H14Br2. The van der Waals surface area contributed by atoms with Crippen LogP contribution in [0.3, 0.4) is 0 Å². The third-order valence-electron chi connectivity index (χ3n) is 2.00. The van der Waals surface area contributed by atoms with Crippen LogP contribution in [0.2, 0.25) is 0 Å². The van der Waals surface area contributed by atoms with Gasteiger partial charge in [-0.1, -0.05) is 44.0 Å². The van der Waals surface area contributed by atoms with Crippen LogP contribution in [0.5, 0.6) is 0 Å².